The van der Waals surface area contributed by atoms with E-state index in [1.165, 1.54) is 12.1 Å². The first-order valence-corrected chi connectivity index (χ1v) is 6.44. The lowest BCUT2D eigenvalue weighted by atomic mass is 9.98. The normalized spacial score (nSPS) is 16.7. The summed E-state index contributed by atoms with van der Waals surface area (Å²) < 4.78 is 26.4. The van der Waals surface area contributed by atoms with E-state index in [4.69, 9.17) is 0 Å². The van der Waals surface area contributed by atoms with Crippen LogP contribution in [0.15, 0.2) is 24.4 Å². The van der Waals surface area contributed by atoms with Gasteiger partial charge in [-0.1, -0.05) is 0 Å². The molecule has 2 heterocycles. The molecule has 0 radical (unpaired) electrons. The molecule has 1 aliphatic rings. The first kappa shape index (κ1) is 12.3. The Labute approximate surface area is 110 Å². The van der Waals surface area contributed by atoms with Gasteiger partial charge in [0.15, 0.2) is 0 Å². The minimum absolute atomic E-state index is 0.397. The minimum atomic E-state index is -0.576. The number of nitrogens with zero attached hydrogens (tertiary/aromatic N) is 1. The Hall–Kier alpha value is -1.75. The first-order valence-electron chi connectivity index (χ1n) is 6.44. The molecular formula is C14H15F2N3. The van der Waals surface area contributed by atoms with Crippen LogP contribution in [0.3, 0.4) is 0 Å². The van der Waals surface area contributed by atoms with Crippen molar-refractivity contribution >= 4 is 0 Å². The van der Waals surface area contributed by atoms with Gasteiger partial charge in [0.2, 0.25) is 0 Å². The van der Waals surface area contributed by atoms with Crippen molar-refractivity contribution in [3.63, 3.8) is 0 Å². The number of piperidine rings is 1. The summed E-state index contributed by atoms with van der Waals surface area (Å²) in [6, 6.07) is 3.49. The Morgan fingerprint density at radius 2 is 1.74 bits per heavy atom. The quantitative estimate of drug-likeness (QED) is 0.874. The van der Waals surface area contributed by atoms with Crippen LogP contribution >= 0.6 is 0 Å². The summed E-state index contributed by atoms with van der Waals surface area (Å²) in [5.74, 6) is 0.149. The summed E-state index contributed by atoms with van der Waals surface area (Å²) in [4.78, 5) is 7.53. The zero-order chi connectivity index (χ0) is 13.2. The van der Waals surface area contributed by atoms with Crippen molar-refractivity contribution in [1.82, 2.24) is 15.3 Å². The van der Waals surface area contributed by atoms with Crippen molar-refractivity contribution in [1.29, 1.82) is 0 Å². The summed E-state index contributed by atoms with van der Waals surface area (Å²) >= 11 is 0. The third-order valence-electron chi connectivity index (χ3n) is 3.49. The highest BCUT2D eigenvalue weighted by molar-refractivity contribution is 5.58. The van der Waals surface area contributed by atoms with Gasteiger partial charge in [0, 0.05) is 17.5 Å². The lowest BCUT2D eigenvalue weighted by Gasteiger charge is -2.20. The average Bonchev–Trinajstić information content (AvgIpc) is 2.88. The predicted molar refractivity (Wildman–Crippen MR) is 68.8 cm³/mol. The second-order valence-corrected chi connectivity index (χ2v) is 4.86. The molecule has 1 saturated heterocycles. The highest BCUT2D eigenvalue weighted by Crippen LogP contribution is 2.26. The topological polar surface area (TPSA) is 40.7 Å². The number of hydrogen-bond acceptors (Lipinski definition) is 2. The molecule has 0 spiro atoms. The summed E-state index contributed by atoms with van der Waals surface area (Å²) in [7, 11) is 0. The van der Waals surface area contributed by atoms with Gasteiger partial charge in [-0.25, -0.2) is 13.8 Å². The van der Waals surface area contributed by atoms with Crippen LogP contribution in [0.25, 0.3) is 11.3 Å². The molecule has 100 valence electrons. The SMILES string of the molecule is Fc1cc(F)cc(-c2cnc(C3CCNCC3)[nH]2)c1. The molecule has 0 bridgehead atoms. The second-order valence-electron chi connectivity index (χ2n) is 4.86. The second kappa shape index (κ2) is 5.09. The Morgan fingerprint density at radius 3 is 2.42 bits per heavy atom. The number of benzene rings is 1. The minimum Gasteiger partial charge on any atom is -0.342 e. The molecule has 3 rings (SSSR count). The van der Waals surface area contributed by atoms with Crippen molar-refractivity contribution in [2.24, 2.45) is 0 Å². The lowest BCUT2D eigenvalue weighted by molar-refractivity contribution is 0.447. The Bertz CT molecular complexity index is 554. The maximum Gasteiger partial charge on any atom is 0.126 e. The van der Waals surface area contributed by atoms with Gasteiger partial charge in [-0.2, -0.15) is 0 Å². The van der Waals surface area contributed by atoms with Gasteiger partial charge in [-0.05, 0) is 38.1 Å². The van der Waals surface area contributed by atoms with Gasteiger partial charge in [0.1, 0.15) is 17.5 Å². The number of nitrogens with one attached hydrogen (secondary N) is 2. The van der Waals surface area contributed by atoms with E-state index >= 15 is 0 Å². The molecule has 1 fully saturated rings. The summed E-state index contributed by atoms with van der Waals surface area (Å²) in [6.45, 7) is 1.96. The monoisotopic (exact) mass is 263 g/mol. The van der Waals surface area contributed by atoms with E-state index < -0.39 is 11.6 Å². The fraction of sp³-hybridized carbons (Fsp3) is 0.357. The third kappa shape index (κ3) is 2.66. The van der Waals surface area contributed by atoms with Crippen LogP contribution in [-0.2, 0) is 0 Å². The molecule has 1 aliphatic heterocycles. The lowest BCUT2D eigenvalue weighted by Crippen LogP contribution is -2.27. The van der Waals surface area contributed by atoms with Crippen molar-refractivity contribution in [2.75, 3.05) is 13.1 Å². The maximum absolute atomic E-state index is 13.2. The number of halogens is 2. The molecule has 2 aromatic rings. The fourth-order valence-corrected chi connectivity index (χ4v) is 2.50. The molecule has 19 heavy (non-hydrogen) atoms. The van der Waals surface area contributed by atoms with Gasteiger partial charge in [0.25, 0.3) is 0 Å². The average molecular weight is 263 g/mol. The fourth-order valence-electron chi connectivity index (χ4n) is 2.50. The molecule has 0 atom stereocenters. The van der Waals surface area contributed by atoms with Gasteiger partial charge in [-0.3, -0.25) is 0 Å². The molecule has 2 N–H and O–H groups in total. The third-order valence-corrected chi connectivity index (χ3v) is 3.49. The number of rotatable bonds is 2. The maximum atomic E-state index is 13.2. The molecule has 0 aliphatic carbocycles. The Balaban J connectivity index is 1.87. The first-order chi connectivity index (χ1) is 9.22. The van der Waals surface area contributed by atoms with E-state index in [1.807, 2.05) is 0 Å². The number of H-pyrrole nitrogens is 1. The van der Waals surface area contributed by atoms with Gasteiger partial charge in [0.05, 0.1) is 11.9 Å². The van der Waals surface area contributed by atoms with Gasteiger partial charge < -0.3 is 10.3 Å². The van der Waals surface area contributed by atoms with Crippen LogP contribution in [0.2, 0.25) is 0 Å². The van der Waals surface area contributed by atoms with Crippen LogP contribution in [0.5, 0.6) is 0 Å². The molecule has 0 amide bonds. The van der Waals surface area contributed by atoms with Gasteiger partial charge in [-0.15, -0.1) is 0 Å². The van der Waals surface area contributed by atoms with Crippen LogP contribution in [-0.4, -0.2) is 23.1 Å². The van der Waals surface area contributed by atoms with E-state index in [0.29, 0.717) is 17.2 Å². The van der Waals surface area contributed by atoms with Crippen LogP contribution < -0.4 is 5.32 Å². The molecule has 0 saturated carbocycles. The summed E-state index contributed by atoms with van der Waals surface area (Å²) in [6.07, 6.45) is 3.71. The van der Waals surface area contributed by atoms with Crippen molar-refractivity contribution in [2.45, 2.75) is 18.8 Å². The van der Waals surface area contributed by atoms with E-state index in [2.05, 4.69) is 15.3 Å². The number of imidazole rings is 1. The summed E-state index contributed by atoms with van der Waals surface area (Å²) in [5.41, 5.74) is 1.15. The van der Waals surface area contributed by atoms with Crippen LogP contribution in [0, 0.1) is 11.6 Å². The number of aromatic amines is 1. The molecule has 1 aromatic heterocycles. The number of hydrogen-bond donors (Lipinski definition) is 2. The van der Waals surface area contributed by atoms with E-state index in [-0.39, 0.29) is 0 Å². The molecule has 0 unspecified atom stereocenters. The smallest absolute Gasteiger partial charge is 0.126 e. The Kier molecular flexibility index (Phi) is 3.29. The van der Waals surface area contributed by atoms with E-state index in [9.17, 15) is 8.78 Å². The molecule has 1 aromatic carbocycles. The zero-order valence-electron chi connectivity index (χ0n) is 10.4. The molecular weight excluding hydrogens is 248 g/mol. The number of aromatic nitrogens is 2. The molecule has 5 heteroatoms. The predicted octanol–water partition coefficient (Wildman–Crippen LogP) is 2.82. The van der Waals surface area contributed by atoms with Crippen LogP contribution in [0.4, 0.5) is 8.78 Å². The summed E-state index contributed by atoms with van der Waals surface area (Å²) in [5, 5.41) is 3.30. The highest BCUT2D eigenvalue weighted by Gasteiger charge is 2.18. The Morgan fingerprint density at radius 1 is 1.05 bits per heavy atom. The largest absolute Gasteiger partial charge is 0.342 e. The van der Waals surface area contributed by atoms with E-state index in [1.54, 1.807) is 6.20 Å². The van der Waals surface area contributed by atoms with Crippen LogP contribution in [0.1, 0.15) is 24.6 Å². The van der Waals surface area contributed by atoms with Crippen molar-refractivity contribution in [3.8, 4) is 11.3 Å². The standard InChI is InChI=1S/C14H15F2N3/c15-11-5-10(6-12(16)7-11)13-8-18-14(19-13)9-1-3-17-4-2-9/h5-9,17H,1-4H2,(H,18,19). The van der Waals surface area contributed by atoms with Crippen molar-refractivity contribution in [3.05, 3.63) is 41.9 Å². The molecule has 3 nitrogen and oxygen atoms in total. The zero-order valence-corrected chi connectivity index (χ0v) is 10.4. The van der Waals surface area contributed by atoms with E-state index in [0.717, 1.165) is 37.8 Å². The highest BCUT2D eigenvalue weighted by atomic mass is 19.1. The van der Waals surface area contributed by atoms with Gasteiger partial charge >= 0.3 is 0 Å². The van der Waals surface area contributed by atoms with Crippen molar-refractivity contribution < 1.29 is 8.78 Å².